The van der Waals surface area contributed by atoms with E-state index < -0.39 is 46.8 Å². The highest BCUT2D eigenvalue weighted by molar-refractivity contribution is 9.11. The van der Waals surface area contributed by atoms with Crippen LogP contribution in [-0.2, 0) is 43.2 Å². The molecule has 0 atom stereocenters. The van der Waals surface area contributed by atoms with Gasteiger partial charge in [-0.1, -0.05) is 30.1 Å². The van der Waals surface area contributed by atoms with Crippen LogP contribution in [0.25, 0.3) is 0 Å². The topological polar surface area (TPSA) is 282 Å². The van der Waals surface area contributed by atoms with Crippen molar-refractivity contribution in [1.82, 2.24) is 15.0 Å². The van der Waals surface area contributed by atoms with Crippen LogP contribution in [0.15, 0.2) is 101 Å². The number of hydrogen-bond acceptors (Lipinski definition) is 16. The van der Waals surface area contributed by atoms with Crippen molar-refractivity contribution < 1.29 is 48.4 Å². The second kappa shape index (κ2) is 22.1. The predicted molar refractivity (Wildman–Crippen MR) is 242 cm³/mol. The fourth-order valence-corrected chi connectivity index (χ4v) is 8.23. The van der Waals surface area contributed by atoms with Gasteiger partial charge in [0.25, 0.3) is 30.4 Å². The molecule has 0 saturated carbocycles. The third-order valence-electron chi connectivity index (χ3n) is 8.16. The normalized spacial score (nSPS) is 12.3. The van der Waals surface area contributed by atoms with Gasteiger partial charge in [0.05, 0.1) is 41.1 Å². The molecule has 5 rings (SSSR count). The first kappa shape index (κ1) is 49.8. The molecule has 0 spiro atoms. The Morgan fingerprint density at radius 2 is 1.19 bits per heavy atom. The van der Waals surface area contributed by atoms with E-state index in [2.05, 4.69) is 67.6 Å². The first-order valence-corrected chi connectivity index (χ1v) is 25.3. The van der Waals surface area contributed by atoms with E-state index in [0.29, 0.717) is 55.2 Å². The van der Waals surface area contributed by atoms with Crippen molar-refractivity contribution in [3.8, 4) is 11.5 Å². The SMILES string of the molecule is CCCOc1cc(N=Nc2ccc(Cl)cc2)c(Br)cc1Cc1nc(Cc2cc(Br)c(N=Nc3ccc(Cl)c(S(=O)(=O)O)c3)cc2OCCCS(=O)(=O)O)nc(NCCS(=O)(=O)O)n1. The number of azo groups is 2. The van der Waals surface area contributed by atoms with Gasteiger partial charge < -0.3 is 14.8 Å². The number of ether oxygens (including phenoxy) is 2. The lowest BCUT2D eigenvalue weighted by Crippen LogP contribution is -2.18. The van der Waals surface area contributed by atoms with Crippen LogP contribution < -0.4 is 14.8 Å². The largest absolute Gasteiger partial charge is 0.493 e. The van der Waals surface area contributed by atoms with E-state index in [1.54, 1.807) is 42.5 Å². The monoisotopic (exact) mass is 1090 g/mol. The molecule has 0 aliphatic rings. The Kier molecular flexibility index (Phi) is 17.5. The average molecular weight is 1100 g/mol. The Morgan fingerprint density at radius 3 is 1.71 bits per heavy atom. The Balaban J connectivity index is 1.53. The Hall–Kier alpha value is -4.24. The molecule has 4 aromatic carbocycles. The standard InChI is InChI=1S/C37H36Br2Cl2N8O11S3/c1-2-11-59-32-20-30(48-46-25-6-4-24(40)5-7-25)27(38)15-22(32)17-35-43-36(45-37(44-35)42-10-14-62(53,54)55)18-23-16-28(39)31(21-33(23)60-12-3-13-61(50,51)52)49-47-26-8-9-29(41)34(19-26)63(56,57)58/h4-9,15-16,19-21H,2-3,10-14,17-18H2,1H3,(H,50,51,52)(H,53,54,55)(H,56,57,58)(H,42,43,44,45). The van der Waals surface area contributed by atoms with Gasteiger partial charge in [0.2, 0.25) is 5.95 Å². The molecule has 26 heteroatoms. The van der Waals surface area contributed by atoms with E-state index in [1.807, 2.05) is 6.92 Å². The lowest BCUT2D eigenvalue weighted by atomic mass is 10.1. The number of rotatable bonds is 21. The molecule has 1 heterocycles. The fraction of sp³-hybridized carbons (Fsp3) is 0.270. The van der Waals surface area contributed by atoms with E-state index in [9.17, 15) is 38.9 Å². The summed E-state index contributed by atoms with van der Waals surface area (Å²) >= 11 is 19.0. The molecule has 0 aliphatic carbocycles. The lowest BCUT2D eigenvalue weighted by Gasteiger charge is -2.15. The zero-order valence-corrected chi connectivity index (χ0v) is 39.8. The fourth-order valence-electron chi connectivity index (χ4n) is 5.32. The van der Waals surface area contributed by atoms with Crippen molar-refractivity contribution in [2.45, 2.75) is 37.5 Å². The van der Waals surface area contributed by atoms with E-state index in [-0.39, 0.29) is 72.2 Å². The Bertz CT molecular complexity index is 2860. The van der Waals surface area contributed by atoms with Crippen LogP contribution in [0.2, 0.25) is 10.0 Å². The number of benzene rings is 4. The molecule has 63 heavy (non-hydrogen) atoms. The second-order valence-electron chi connectivity index (χ2n) is 13.2. The van der Waals surface area contributed by atoms with Crippen molar-refractivity contribution in [2.75, 3.05) is 36.6 Å². The van der Waals surface area contributed by atoms with Gasteiger partial charge in [-0.15, -0.1) is 10.2 Å². The van der Waals surface area contributed by atoms with Gasteiger partial charge >= 0.3 is 0 Å². The molecule has 0 radical (unpaired) electrons. The number of nitrogens with zero attached hydrogens (tertiary/aromatic N) is 7. The molecule has 1 aromatic heterocycles. The molecule has 5 aromatic rings. The average Bonchev–Trinajstić information content (AvgIpc) is 3.19. The summed E-state index contributed by atoms with van der Waals surface area (Å²) in [5.74, 6) is -0.215. The highest BCUT2D eigenvalue weighted by Gasteiger charge is 2.19. The number of nitrogens with one attached hydrogen (secondary N) is 1. The molecule has 0 unspecified atom stereocenters. The van der Waals surface area contributed by atoms with E-state index in [1.165, 1.54) is 18.2 Å². The highest BCUT2D eigenvalue weighted by atomic mass is 79.9. The predicted octanol–water partition coefficient (Wildman–Crippen LogP) is 9.71. The van der Waals surface area contributed by atoms with Crippen LogP contribution in [0.1, 0.15) is 42.5 Å². The van der Waals surface area contributed by atoms with Gasteiger partial charge in [-0.05, 0) is 99.3 Å². The van der Waals surface area contributed by atoms with Crippen molar-refractivity contribution in [1.29, 1.82) is 0 Å². The first-order chi connectivity index (χ1) is 29.7. The summed E-state index contributed by atoms with van der Waals surface area (Å²) in [5, 5.41) is 20.1. The summed E-state index contributed by atoms with van der Waals surface area (Å²) in [7, 11) is -13.3. The molecular weight excluding hydrogens is 1060 g/mol. The van der Waals surface area contributed by atoms with Crippen LogP contribution in [0.3, 0.4) is 0 Å². The van der Waals surface area contributed by atoms with Crippen LogP contribution in [0, 0.1) is 0 Å². The zero-order chi connectivity index (χ0) is 46.0. The molecule has 4 N–H and O–H groups in total. The van der Waals surface area contributed by atoms with Gasteiger partial charge in [0.1, 0.15) is 39.4 Å². The van der Waals surface area contributed by atoms with Gasteiger partial charge in [0, 0.05) is 56.6 Å². The second-order valence-corrected chi connectivity index (χ2v) is 20.3. The van der Waals surface area contributed by atoms with Crippen LogP contribution in [-0.4, -0.2) is 85.1 Å². The molecule has 0 amide bonds. The molecule has 336 valence electrons. The summed E-state index contributed by atoms with van der Waals surface area (Å²) in [5.41, 5.74) is 2.34. The van der Waals surface area contributed by atoms with Crippen molar-refractivity contribution >= 4 is 114 Å². The number of anilines is 1. The minimum Gasteiger partial charge on any atom is -0.493 e. The summed E-state index contributed by atoms with van der Waals surface area (Å²) < 4.78 is 111. The number of aromatic nitrogens is 3. The van der Waals surface area contributed by atoms with Gasteiger partial charge in [-0.2, -0.15) is 45.4 Å². The maximum Gasteiger partial charge on any atom is 0.296 e. The van der Waals surface area contributed by atoms with Crippen LogP contribution >= 0.6 is 55.1 Å². The molecule has 0 aliphatic heterocycles. The zero-order valence-electron chi connectivity index (χ0n) is 32.7. The maximum atomic E-state index is 11.8. The molecule has 0 fully saturated rings. The maximum absolute atomic E-state index is 11.8. The van der Waals surface area contributed by atoms with E-state index >= 15 is 0 Å². The molecule has 0 bridgehead atoms. The minimum absolute atomic E-state index is 0.0190. The van der Waals surface area contributed by atoms with Gasteiger partial charge in [-0.3, -0.25) is 13.7 Å². The Morgan fingerprint density at radius 1 is 0.667 bits per heavy atom. The summed E-state index contributed by atoms with van der Waals surface area (Å²) in [6.07, 6.45) is 0.640. The third kappa shape index (κ3) is 16.1. The molecule has 19 nitrogen and oxygen atoms in total. The van der Waals surface area contributed by atoms with Crippen LogP contribution in [0.4, 0.5) is 28.7 Å². The minimum atomic E-state index is -4.67. The summed E-state index contributed by atoms with van der Waals surface area (Å²) in [6.45, 7) is 1.90. The lowest BCUT2D eigenvalue weighted by molar-refractivity contribution is 0.313. The van der Waals surface area contributed by atoms with Crippen molar-refractivity contribution in [2.24, 2.45) is 20.5 Å². The third-order valence-corrected chi connectivity index (χ3v) is 12.5. The number of hydrogen-bond donors (Lipinski definition) is 4. The van der Waals surface area contributed by atoms with Gasteiger partial charge in [-0.25, -0.2) is 4.98 Å². The summed E-state index contributed by atoms with van der Waals surface area (Å²) in [6, 6.07) is 17.0. The van der Waals surface area contributed by atoms with Crippen molar-refractivity contribution in [3.63, 3.8) is 0 Å². The number of halogens is 4. The molecular formula is C37H36Br2Cl2N8O11S3. The Labute approximate surface area is 389 Å². The van der Waals surface area contributed by atoms with E-state index in [0.717, 1.165) is 6.07 Å². The first-order valence-electron chi connectivity index (χ1n) is 18.3. The van der Waals surface area contributed by atoms with Gasteiger partial charge in [0.15, 0.2) is 0 Å². The quantitative estimate of drug-likeness (QED) is 0.0302. The van der Waals surface area contributed by atoms with E-state index in [4.69, 9.17) is 37.7 Å². The van der Waals surface area contributed by atoms with Crippen molar-refractivity contribution in [3.05, 3.63) is 108 Å². The highest BCUT2D eigenvalue weighted by Crippen LogP contribution is 2.38. The summed E-state index contributed by atoms with van der Waals surface area (Å²) in [4.78, 5) is 13.1. The smallest absolute Gasteiger partial charge is 0.296 e. The van der Waals surface area contributed by atoms with Crippen LogP contribution in [0.5, 0.6) is 11.5 Å². The molecule has 0 saturated heterocycles.